The van der Waals surface area contributed by atoms with Crippen LogP contribution >= 0.6 is 0 Å². The highest BCUT2D eigenvalue weighted by Gasteiger charge is 2.32. The van der Waals surface area contributed by atoms with E-state index in [0.717, 1.165) is 0 Å². The summed E-state index contributed by atoms with van der Waals surface area (Å²) < 4.78 is 25.2. The number of hydrogen-bond acceptors (Lipinski definition) is 6. The molecule has 2 heterocycles. The number of hydrogen-bond donors (Lipinski definition) is 0. The van der Waals surface area contributed by atoms with Crippen molar-refractivity contribution in [1.29, 1.82) is 0 Å². The third-order valence-electron chi connectivity index (χ3n) is 3.83. The van der Waals surface area contributed by atoms with Crippen LogP contribution in [0.3, 0.4) is 0 Å². The van der Waals surface area contributed by atoms with Crippen LogP contribution in [0.5, 0.6) is 0 Å². The van der Waals surface area contributed by atoms with Crippen LogP contribution in [0.2, 0.25) is 0 Å². The molecule has 1 fully saturated rings. The zero-order valence-electron chi connectivity index (χ0n) is 13.9. The highest BCUT2D eigenvalue weighted by molar-refractivity contribution is 7.88. The zero-order chi connectivity index (χ0) is 17.2. The molecule has 9 heteroatoms. The van der Waals surface area contributed by atoms with E-state index < -0.39 is 15.9 Å². The van der Waals surface area contributed by atoms with E-state index in [0.29, 0.717) is 31.3 Å². The van der Waals surface area contributed by atoms with Gasteiger partial charge in [0.05, 0.1) is 12.2 Å². The van der Waals surface area contributed by atoms with E-state index in [1.165, 1.54) is 15.5 Å². The normalized spacial score (nSPS) is 20.2. The van der Waals surface area contributed by atoms with Crippen molar-refractivity contribution >= 4 is 21.7 Å². The lowest BCUT2D eigenvalue weighted by atomic mass is 10.1. The Balaban J connectivity index is 2.31. The monoisotopic (exact) mass is 341 g/mol. The van der Waals surface area contributed by atoms with E-state index in [4.69, 9.17) is 0 Å². The van der Waals surface area contributed by atoms with Crippen molar-refractivity contribution < 1.29 is 13.2 Å². The molecule has 1 aromatic rings. The predicted molar refractivity (Wildman–Crippen MR) is 87.6 cm³/mol. The summed E-state index contributed by atoms with van der Waals surface area (Å²) in [5.41, 5.74) is 0. The van der Waals surface area contributed by atoms with Gasteiger partial charge in [-0.3, -0.25) is 4.79 Å². The molecule has 1 unspecified atom stereocenters. The van der Waals surface area contributed by atoms with Gasteiger partial charge < -0.3 is 9.80 Å². The molecule has 1 atom stereocenters. The lowest BCUT2D eigenvalue weighted by molar-refractivity contribution is -0.132. The van der Waals surface area contributed by atoms with Crippen molar-refractivity contribution in [3.05, 3.63) is 18.1 Å². The minimum Gasteiger partial charge on any atom is -0.354 e. The second kappa shape index (κ2) is 6.79. The predicted octanol–water partition coefficient (Wildman–Crippen LogP) is -0.429. The van der Waals surface area contributed by atoms with Crippen LogP contribution in [-0.2, 0) is 14.8 Å². The van der Waals surface area contributed by atoms with Gasteiger partial charge in [0.2, 0.25) is 15.9 Å². The van der Waals surface area contributed by atoms with Gasteiger partial charge in [0.1, 0.15) is 11.6 Å². The number of nitrogens with zero attached hydrogens (tertiary/aromatic N) is 5. The Bertz CT molecular complexity index is 677. The first-order valence-electron chi connectivity index (χ1n) is 7.39. The van der Waals surface area contributed by atoms with E-state index >= 15 is 0 Å². The lowest BCUT2D eigenvalue weighted by Crippen LogP contribution is -2.42. The number of rotatable bonds is 3. The van der Waals surface area contributed by atoms with Gasteiger partial charge in [-0.25, -0.2) is 18.4 Å². The molecule has 1 aliphatic rings. The zero-order valence-corrected chi connectivity index (χ0v) is 14.7. The van der Waals surface area contributed by atoms with Crippen LogP contribution in [0.1, 0.15) is 5.82 Å². The topological polar surface area (TPSA) is 86.7 Å². The van der Waals surface area contributed by atoms with E-state index in [1.807, 2.05) is 4.90 Å². The molecule has 1 aromatic heterocycles. The van der Waals surface area contributed by atoms with Gasteiger partial charge in [0, 0.05) is 46.5 Å². The molecule has 0 aromatic carbocycles. The number of sulfonamides is 1. The summed E-state index contributed by atoms with van der Waals surface area (Å²) in [6, 6.07) is 1.78. The van der Waals surface area contributed by atoms with E-state index in [2.05, 4.69) is 9.97 Å². The smallest absolute Gasteiger partial charge is 0.228 e. The van der Waals surface area contributed by atoms with Crippen LogP contribution in [0.4, 0.5) is 5.82 Å². The minimum atomic E-state index is -3.35. The highest BCUT2D eigenvalue weighted by Crippen LogP contribution is 2.19. The summed E-state index contributed by atoms with van der Waals surface area (Å²) >= 11 is 0. The molecule has 1 aliphatic heterocycles. The van der Waals surface area contributed by atoms with Crippen LogP contribution in [0.25, 0.3) is 0 Å². The molecule has 8 nitrogen and oxygen atoms in total. The van der Waals surface area contributed by atoms with Crippen molar-refractivity contribution in [2.24, 2.45) is 5.92 Å². The summed E-state index contributed by atoms with van der Waals surface area (Å²) in [7, 11) is 0.00357. The van der Waals surface area contributed by atoms with Crippen LogP contribution in [0.15, 0.2) is 12.3 Å². The summed E-state index contributed by atoms with van der Waals surface area (Å²) in [6.45, 7) is 3.24. The number of amides is 1. The summed E-state index contributed by atoms with van der Waals surface area (Å²) in [4.78, 5) is 24.3. The number of aromatic nitrogens is 2. The molecule has 2 rings (SSSR count). The summed E-state index contributed by atoms with van der Waals surface area (Å²) in [5, 5.41) is 0. The Hall–Kier alpha value is -1.74. The van der Waals surface area contributed by atoms with Gasteiger partial charge >= 0.3 is 0 Å². The Labute approximate surface area is 137 Å². The largest absolute Gasteiger partial charge is 0.354 e. The quantitative estimate of drug-likeness (QED) is 0.742. The molecule has 1 amide bonds. The van der Waals surface area contributed by atoms with E-state index in [-0.39, 0.29) is 12.5 Å². The van der Waals surface area contributed by atoms with Gasteiger partial charge in [0.25, 0.3) is 0 Å². The number of carbonyl (C=O) groups excluding carboxylic acids is 1. The van der Waals surface area contributed by atoms with Crippen LogP contribution < -0.4 is 4.90 Å². The Morgan fingerprint density at radius 2 is 2.00 bits per heavy atom. The number of anilines is 1. The molecule has 0 spiro atoms. The molecule has 128 valence electrons. The van der Waals surface area contributed by atoms with Crippen molar-refractivity contribution in [2.75, 3.05) is 51.4 Å². The SMILES string of the molecule is Cc1nccc(N2CCN(S(C)(=O)=O)CC(C(=O)N(C)C)C2)n1. The fraction of sp³-hybridized carbons (Fsp3) is 0.643. The Kier molecular flexibility index (Phi) is 5.20. The van der Waals surface area contributed by atoms with Gasteiger partial charge in [0.15, 0.2) is 0 Å². The second-order valence-electron chi connectivity index (χ2n) is 5.96. The van der Waals surface area contributed by atoms with Crippen molar-refractivity contribution in [1.82, 2.24) is 19.2 Å². The minimum absolute atomic E-state index is 0.0867. The van der Waals surface area contributed by atoms with Crippen molar-refractivity contribution in [2.45, 2.75) is 6.92 Å². The highest BCUT2D eigenvalue weighted by atomic mass is 32.2. The average Bonchev–Trinajstić information content (AvgIpc) is 2.69. The maximum absolute atomic E-state index is 12.4. The van der Waals surface area contributed by atoms with Crippen LogP contribution in [0, 0.1) is 12.8 Å². The average molecular weight is 341 g/mol. The van der Waals surface area contributed by atoms with E-state index in [9.17, 15) is 13.2 Å². The molecular formula is C14H23N5O3S. The van der Waals surface area contributed by atoms with Gasteiger partial charge in [-0.1, -0.05) is 0 Å². The first-order valence-corrected chi connectivity index (χ1v) is 9.24. The third kappa shape index (κ3) is 4.38. The van der Waals surface area contributed by atoms with Crippen LogP contribution in [-0.4, -0.2) is 80.0 Å². The molecule has 0 aliphatic carbocycles. The van der Waals surface area contributed by atoms with Gasteiger partial charge in [-0.15, -0.1) is 0 Å². The molecule has 0 radical (unpaired) electrons. The standard InChI is InChI=1S/C14H23N5O3S/c1-11-15-6-5-13(16-11)18-7-8-19(23(4,21)22)10-12(9-18)14(20)17(2)3/h5-6,12H,7-10H2,1-4H3. The number of carbonyl (C=O) groups is 1. The fourth-order valence-corrected chi connectivity index (χ4v) is 3.50. The summed E-state index contributed by atoms with van der Waals surface area (Å²) in [6.07, 6.45) is 2.84. The first kappa shape index (κ1) is 17.6. The lowest BCUT2D eigenvalue weighted by Gasteiger charge is -2.26. The maximum Gasteiger partial charge on any atom is 0.228 e. The third-order valence-corrected chi connectivity index (χ3v) is 5.10. The van der Waals surface area contributed by atoms with Gasteiger partial charge in [-0.05, 0) is 13.0 Å². The molecule has 23 heavy (non-hydrogen) atoms. The second-order valence-corrected chi connectivity index (χ2v) is 7.94. The van der Waals surface area contributed by atoms with Gasteiger partial charge in [-0.2, -0.15) is 4.31 Å². The Morgan fingerprint density at radius 3 is 2.57 bits per heavy atom. The first-order chi connectivity index (χ1) is 10.7. The Morgan fingerprint density at radius 1 is 1.30 bits per heavy atom. The number of aryl methyl sites for hydroxylation is 1. The molecular weight excluding hydrogens is 318 g/mol. The summed E-state index contributed by atoms with van der Waals surface area (Å²) in [5.74, 6) is 0.834. The maximum atomic E-state index is 12.4. The van der Waals surface area contributed by atoms with Crippen molar-refractivity contribution in [3.63, 3.8) is 0 Å². The molecule has 0 bridgehead atoms. The van der Waals surface area contributed by atoms with Crippen molar-refractivity contribution in [3.8, 4) is 0 Å². The molecule has 0 saturated carbocycles. The molecule has 1 saturated heterocycles. The molecule has 0 N–H and O–H groups in total. The van der Waals surface area contributed by atoms with E-state index in [1.54, 1.807) is 33.3 Å². The fourth-order valence-electron chi connectivity index (χ4n) is 2.63.